The molecule has 136 valence electrons. The third-order valence-corrected chi connectivity index (χ3v) is 3.45. The van der Waals surface area contributed by atoms with Gasteiger partial charge in [-0.3, -0.25) is 4.79 Å². The molecular formula is C17H21F2N2O4+. The second-order valence-electron chi connectivity index (χ2n) is 5.53. The molecule has 0 saturated heterocycles. The van der Waals surface area contributed by atoms with Crippen LogP contribution in [-0.4, -0.2) is 33.2 Å². The standard InChI is InChI=1S/C17H20F2N2O4/c1-21(10-13-4-3-7-24-13)11-16(22)20-9-12-5-6-14(25-17(18)19)15(8-12)23-2/h3-8,17H,9-11H2,1-2H3,(H,20,22)/p+1. The van der Waals surface area contributed by atoms with Crippen molar-refractivity contribution in [3.05, 3.63) is 47.9 Å². The van der Waals surface area contributed by atoms with Crippen LogP contribution < -0.4 is 19.7 Å². The number of methoxy groups -OCH3 is 1. The second kappa shape index (κ2) is 9.03. The van der Waals surface area contributed by atoms with Crippen LogP contribution in [0.1, 0.15) is 11.3 Å². The SMILES string of the molecule is COc1cc(CNC(=O)C[NH+](C)Cc2ccco2)ccc1OC(F)F. The number of likely N-dealkylation sites (N-methyl/N-ethyl adjacent to an activating group) is 1. The van der Waals surface area contributed by atoms with Crippen LogP contribution in [0.3, 0.4) is 0 Å². The smallest absolute Gasteiger partial charge is 0.387 e. The number of hydrogen-bond acceptors (Lipinski definition) is 4. The van der Waals surface area contributed by atoms with Crippen LogP contribution in [-0.2, 0) is 17.9 Å². The maximum Gasteiger partial charge on any atom is 0.387 e. The first-order chi connectivity index (χ1) is 12.0. The molecule has 2 rings (SSSR count). The van der Waals surface area contributed by atoms with Gasteiger partial charge in [0, 0.05) is 6.54 Å². The normalized spacial score (nSPS) is 12.0. The van der Waals surface area contributed by atoms with E-state index in [-0.39, 0.29) is 30.5 Å². The van der Waals surface area contributed by atoms with E-state index >= 15 is 0 Å². The highest BCUT2D eigenvalue weighted by Gasteiger charge is 2.13. The number of alkyl halides is 2. The number of hydrogen-bond donors (Lipinski definition) is 2. The molecule has 0 radical (unpaired) electrons. The minimum Gasteiger partial charge on any atom is -0.493 e. The van der Waals surface area contributed by atoms with Gasteiger partial charge in [0.05, 0.1) is 20.4 Å². The van der Waals surface area contributed by atoms with Crippen LogP contribution in [0, 0.1) is 0 Å². The molecule has 0 saturated carbocycles. The molecule has 1 amide bonds. The van der Waals surface area contributed by atoms with Gasteiger partial charge in [0.2, 0.25) is 0 Å². The van der Waals surface area contributed by atoms with Gasteiger partial charge in [-0.15, -0.1) is 0 Å². The van der Waals surface area contributed by atoms with Gasteiger partial charge in [-0.25, -0.2) is 0 Å². The molecule has 1 heterocycles. The fourth-order valence-corrected chi connectivity index (χ4v) is 2.33. The van der Waals surface area contributed by atoms with Crippen molar-refractivity contribution in [2.24, 2.45) is 0 Å². The van der Waals surface area contributed by atoms with E-state index in [2.05, 4.69) is 10.1 Å². The van der Waals surface area contributed by atoms with Crippen molar-refractivity contribution >= 4 is 5.91 Å². The van der Waals surface area contributed by atoms with E-state index in [0.29, 0.717) is 6.54 Å². The van der Waals surface area contributed by atoms with Crippen LogP contribution in [0.15, 0.2) is 41.0 Å². The van der Waals surface area contributed by atoms with Crippen LogP contribution in [0.4, 0.5) is 8.78 Å². The Balaban J connectivity index is 1.84. The lowest BCUT2D eigenvalue weighted by molar-refractivity contribution is -0.886. The van der Waals surface area contributed by atoms with Crippen molar-refractivity contribution in [3.8, 4) is 11.5 Å². The molecule has 0 aliphatic carbocycles. The van der Waals surface area contributed by atoms with Crippen LogP contribution in [0.5, 0.6) is 11.5 Å². The van der Waals surface area contributed by atoms with Crippen molar-refractivity contribution < 1.29 is 32.4 Å². The minimum absolute atomic E-state index is 0.0461. The van der Waals surface area contributed by atoms with E-state index in [9.17, 15) is 13.6 Å². The Hall–Kier alpha value is -2.61. The van der Waals surface area contributed by atoms with Gasteiger partial charge in [0.15, 0.2) is 23.8 Å². The Morgan fingerprint density at radius 3 is 2.76 bits per heavy atom. The van der Waals surface area contributed by atoms with Gasteiger partial charge in [-0.05, 0) is 29.8 Å². The van der Waals surface area contributed by atoms with Gasteiger partial charge in [-0.1, -0.05) is 6.07 Å². The predicted molar refractivity (Wildman–Crippen MR) is 85.6 cm³/mol. The Morgan fingerprint density at radius 2 is 2.12 bits per heavy atom. The zero-order valence-electron chi connectivity index (χ0n) is 14.1. The van der Waals surface area contributed by atoms with Gasteiger partial charge >= 0.3 is 6.61 Å². The van der Waals surface area contributed by atoms with E-state index in [4.69, 9.17) is 9.15 Å². The Labute approximate surface area is 144 Å². The maximum atomic E-state index is 12.3. The molecule has 1 aromatic heterocycles. The summed E-state index contributed by atoms with van der Waals surface area (Å²) in [5, 5.41) is 2.79. The van der Waals surface area contributed by atoms with Gasteiger partial charge in [-0.2, -0.15) is 8.78 Å². The largest absolute Gasteiger partial charge is 0.493 e. The Bertz CT molecular complexity index is 677. The number of carbonyl (C=O) groups excluding carboxylic acids is 1. The van der Waals surface area contributed by atoms with Crippen molar-refractivity contribution in [1.82, 2.24) is 5.32 Å². The van der Waals surface area contributed by atoms with Crippen LogP contribution in [0.25, 0.3) is 0 Å². The van der Waals surface area contributed by atoms with Crippen molar-refractivity contribution in [2.75, 3.05) is 20.7 Å². The molecule has 0 fully saturated rings. The Kier molecular flexibility index (Phi) is 6.76. The summed E-state index contributed by atoms with van der Waals surface area (Å²) in [5.41, 5.74) is 0.718. The van der Waals surface area contributed by atoms with Gasteiger partial charge in [0.25, 0.3) is 5.91 Å². The average molecular weight is 355 g/mol. The molecule has 0 aliphatic rings. The number of carbonyl (C=O) groups is 1. The molecule has 2 N–H and O–H groups in total. The molecule has 1 unspecified atom stereocenters. The molecule has 25 heavy (non-hydrogen) atoms. The fourth-order valence-electron chi connectivity index (χ4n) is 2.33. The first kappa shape index (κ1) is 18.7. The monoisotopic (exact) mass is 355 g/mol. The predicted octanol–water partition coefficient (Wildman–Crippen LogP) is 1.22. The van der Waals surface area contributed by atoms with Crippen molar-refractivity contribution in [1.29, 1.82) is 0 Å². The first-order valence-electron chi connectivity index (χ1n) is 7.70. The number of furan rings is 1. The maximum absolute atomic E-state index is 12.3. The van der Waals surface area contributed by atoms with Crippen molar-refractivity contribution in [2.45, 2.75) is 19.7 Å². The van der Waals surface area contributed by atoms with E-state index in [1.165, 1.54) is 13.2 Å². The first-order valence-corrected chi connectivity index (χ1v) is 7.70. The van der Waals surface area contributed by atoms with E-state index < -0.39 is 6.61 Å². The lowest BCUT2D eigenvalue weighted by Gasteiger charge is -2.14. The molecule has 1 aromatic carbocycles. The number of ether oxygens (including phenoxy) is 2. The summed E-state index contributed by atoms with van der Waals surface area (Å²) < 4.78 is 39.2. The summed E-state index contributed by atoms with van der Waals surface area (Å²) in [6, 6.07) is 8.20. The molecule has 0 spiro atoms. The third-order valence-electron chi connectivity index (χ3n) is 3.45. The fraction of sp³-hybridized carbons (Fsp3) is 0.353. The van der Waals surface area contributed by atoms with Gasteiger partial charge in [0.1, 0.15) is 6.54 Å². The van der Waals surface area contributed by atoms with Crippen LogP contribution in [0.2, 0.25) is 0 Å². The highest BCUT2D eigenvalue weighted by atomic mass is 19.3. The van der Waals surface area contributed by atoms with E-state index in [0.717, 1.165) is 16.2 Å². The number of quaternary nitrogens is 1. The van der Waals surface area contributed by atoms with E-state index in [1.54, 1.807) is 24.5 Å². The molecule has 2 aromatic rings. The summed E-state index contributed by atoms with van der Waals surface area (Å²) in [7, 11) is 3.25. The second-order valence-corrected chi connectivity index (χ2v) is 5.53. The highest BCUT2D eigenvalue weighted by Crippen LogP contribution is 2.29. The lowest BCUT2D eigenvalue weighted by Crippen LogP contribution is -3.08. The zero-order valence-corrected chi connectivity index (χ0v) is 14.1. The summed E-state index contributed by atoms with van der Waals surface area (Å²) in [6.07, 6.45) is 1.59. The average Bonchev–Trinajstić information content (AvgIpc) is 3.06. The summed E-state index contributed by atoms with van der Waals surface area (Å²) in [5.74, 6) is 0.823. The molecule has 8 heteroatoms. The van der Waals surface area contributed by atoms with Gasteiger partial charge < -0.3 is 24.1 Å². The molecule has 6 nitrogen and oxygen atoms in total. The Morgan fingerprint density at radius 1 is 1.32 bits per heavy atom. The number of nitrogens with one attached hydrogen (secondary N) is 2. The number of amides is 1. The quantitative estimate of drug-likeness (QED) is 0.710. The van der Waals surface area contributed by atoms with Crippen molar-refractivity contribution in [3.63, 3.8) is 0 Å². The lowest BCUT2D eigenvalue weighted by atomic mass is 10.2. The van der Waals surface area contributed by atoms with E-state index in [1.807, 2.05) is 13.1 Å². The summed E-state index contributed by atoms with van der Waals surface area (Å²) in [4.78, 5) is 13.0. The third kappa shape index (κ3) is 6.07. The number of benzene rings is 1. The number of halogens is 2. The molecule has 0 bridgehead atoms. The van der Waals surface area contributed by atoms with Crippen LogP contribution >= 0.6 is 0 Å². The molecule has 1 atom stereocenters. The number of rotatable bonds is 9. The topological polar surface area (TPSA) is 65.1 Å². The summed E-state index contributed by atoms with van der Waals surface area (Å²) >= 11 is 0. The molecule has 0 aliphatic heterocycles. The summed E-state index contributed by atoms with van der Waals surface area (Å²) in [6.45, 7) is -1.77. The minimum atomic E-state index is -2.92. The molecular weight excluding hydrogens is 334 g/mol. The zero-order chi connectivity index (χ0) is 18.2. The highest BCUT2D eigenvalue weighted by molar-refractivity contribution is 5.76.